The Bertz CT molecular complexity index is 1540. The molecule has 1 saturated heterocycles. The lowest BCUT2D eigenvalue weighted by Gasteiger charge is -2.48. The summed E-state index contributed by atoms with van der Waals surface area (Å²) in [5, 5.41) is 21.4. The van der Waals surface area contributed by atoms with E-state index in [0.29, 0.717) is 16.8 Å². The molecule has 1 aliphatic rings. The van der Waals surface area contributed by atoms with Crippen LogP contribution in [0.25, 0.3) is 0 Å². The van der Waals surface area contributed by atoms with Crippen LogP contribution in [0.2, 0.25) is 0 Å². The highest BCUT2D eigenvalue weighted by atomic mass is 35.5. The SMILES string of the molecule is CC(C)NC(=O)C(C)OC(=O)[C@@H](N)Cc1cccc(S(=O)(=O)N2CC(Oc3ccc(B(O)O)cc3)(c3ccccc3)C2)c1.Cl. The summed E-state index contributed by atoms with van der Waals surface area (Å²) in [7, 11) is -5.55. The zero-order chi connectivity index (χ0) is 31.4. The van der Waals surface area contributed by atoms with E-state index in [2.05, 4.69) is 5.32 Å². The fourth-order valence-electron chi connectivity index (χ4n) is 4.71. The Morgan fingerprint density at radius 2 is 1.64 bits per heavy atom. The summed E-state index contributed by atoms with van der Waals surface area (Å²) >= 11 is 0. The van der Waals surface area contributed by atoms with Gasteiger partial charge in [-0.3, -0.25) is 9.59 Å². The van der Waals surface area contributed by atoms with Gasteiger partial charge in [0.15, 0.2) is 11.7 Å². The Morgan fingerprint density at radius 1 is 1.00 bits per heavy atom. The number of carbonyl (C=O) groups excluding carboxylic acids is 2. The van der Waals surface area contributed by atoms with Gasteiger partial charge in [-0.1, -0.05) is 54.6 Å². The van der Waals surface area contributed by atoms with Crippen molar-refractivity contribution in [2.45, 2.75) is 55.9 Å². The van der Waals surface area contributed by atoms with Crippen LogP contribution in [-0.4, -0.2) is 73.0 Å². The standard InChI is InChI=1S/C30H36BN3O8S.ClH/c1-20(2)33-28(35)21(3)41-29(36)27(32)17-22-8-7-11-26(16-22)43(39,40)34-18-30(19-34,23-9-5-4-6-10-23)42-25-14-12-24(13-15-25)31(37)38;/h4-16,20-21,27,37-38H,17-19,32H2,1-3H3,(H,33,35);1H/t21?,27-;/m0./s1. The number of hydrogen-bond acceptors (Lipinski definition) is 9. The zero-order valence-corrected chi connectivity index (χ0v) is 26.3. The predicted octanol–water partition coefficient (Wildman–Crippen LogP) is 1.09. The maximum atomic E-state index is 13.6. The minimum absolute atomic E-state index is 0. The first-order valence-electron chi connectivity index (χ1n) is 13.9. The van der Waals surface area contributed by atoms with Crippen LogP contribution < -0.4 is 21.3 Å². The van der Waals surface area contributed by atoms with Crippen LogP contribution in [-0.2, 0) is 36.4 Å². The molecule has 0 bridgehead atoms. The van der Waals surface area contributed by atoms with Crippen molar-refractivity contribution >= 4 is 46.9 Å². The molecule has 1 aliphatic heterocycles. The normalized spacial score (nSPS) is 15.7. The summed E-state index contributed by atoms with van der Waals surface area (Å²) in [6.07, 6.45) is -1.01. The molecule has 5 N–H and O–H groups in total. The molecule has 236 valence electrons. The van der Waals surface area contributed by atoms with E-state index in [9.17, 15) is 28.1 Å². The maximum Gasteiger partial charge on any atom is 0.488 e. The molecule has 0 saturated carbocycles. The number of nitrogens with zero attached hydrogens (tertiary/aromatic N) is 1. The van der Waals surface area contributed by atoms with Crippen LogP contribution in [0, 0.1) is 0 Å². The highest BCUT2D eigenvalue weighted by Crippen LogP contribution is 2.40. The number of nitrogens with one attached hydrogen (secondary N) is 1. The van der Waals surface area contributed by atoms with Crippen molar-refractivity contribution in [3.8, 4) is 5.75 Å². The van der Waals surface area contributed by atoms with Crippen molar-refractivity contribution in [1.29, 1.82) is 0 Å². The number of esters is 1. The van der Waals surface area contributed by atoms with Crippen LogP contribution in [0.4, 0.5) is 0 Å². The minimum atomic E-state index is -3.93. The molecule has 14 heteroatoms. The summed E-state index contributed by atoms with van der Waals surface area (Å²) in [5.74, 6) is -0.757. The summed E-state index contributed by atoms with van der Waals surface area (Å²) in [6, 6.07) is 20.5. The molecule has 0 aliphatic carbocycles. The molecule has 4 rings (SSSR count). The molecule has 3 aromatic carbocycles. The van der Waals surface area contributed by atoms with Crippen molar-refractivity contribution in [1.82, 2.24) is 9.62 Å². The molecule has 1 amide bonds. The number of carbonyl (C=O) groups is 2. The molecule has 11 nitrogen and oxygen atoms in total. The summed E-state index contributed by atoms with van der Waals surface area (Å²) in [4.78, 5) is 24.6. The lowest BCUT2D eigenvalue weighted by atomic mass is 9.80. The molecule has 2 atom stereocenters. The van der Waals surface area contributed by atoms with Gasteiger partial charge in [-0.2, -0.15) is 4.31 Å². The second-order valence-electron chi connectivity index (χ2n) is 10.9. The lowest BCUT2D eigenvalue weighted by Crippen LogP contribution is -2.64. The average molecular weight is 646 g/mol. The number of ether oxygens (including phenoxy) is 2. The van der Waals surface area contributed by atoms with E-state index in [4.69, 9.17) is 15.2 Å². The third-order valence-corrected chi connectivity index (χ3v) is 8.83. The number of sulfonamides is 1. The molecule has 3 aromatic rings. The number of rotatable bonds is 12. The lowest BCUT2D eigenvalue weighted by molar-refractivity contribution is -0.156. The van der Waals surface area contributed by atoms with Gasteiger partial charge in [0.05, 0.1) is 18.0 Å². The average Bonchev–Trinajstić information content (AvgIpc) is 2.95. The maximum absolute atomic E-state index is 13.6. The Kier molecular flexibility index (Phi) is 11.6. The van der Waals surface area contributed by atoms with E-state index >= 15 is 0 Å². The van der Waals surface area contributed by atoms with Gasteiger partial charge in [-0.25, -0.2) is 8.42 Å². The zero-order valence-electron chi connectivity index (χ0n) is 24.6. The van der Waals surface area contributed by atoms with Gasteiger partial charge in [0.25, 0.3) is 5.91 Å². The van der Waals surface area contributed by atoms with Crippen LogP contribution >= 0.6 is 12.4 Å². The van der Waals surface area contributed by atoms with Crippen molar-refractivity contribution in [3.05, 3.63) is 90.0 Å². The van der Waals surface area contributed by atoms with Crippen LogP contribution in [0.5, 0.6) is 5.75 Å². The van der Waals surface area contributed by atoms with Crippen LogP contribution in [0.15, 0.2) is 83.8 Å². The molecule has 1 heterocycles. The van der Waals surface area contributed by atoms with Gasteiger partial charge >= 0.3 is 13.1 Å². The van der Waals surface area contributed by atoms with Gasteiger partial charge in [-0.15, -0.1) is 12.4 Å². The van der Waals surface area contributed by atoms with Crippen molar-refractivity contribution < 1.29 is 37.5 Å². The fraction of sp³-hybridized carbons (Fsp3) is 0.333. The van der Waals surface area contributed by atoms with Gasteiger partial charge < -0.3 is 30.6 Å². The van der Waals surface area contributed by atoms with E-state index in [0.717, 1.165) is 5.56 Å². The van der Waals surface area contributed by atoms with E-state index in [1.165, 1.54) is 35.5 Å². The van der Waals surface area contributed by atoms with E-state index in [1.54, 1.807) is 38.1 Å². The molecule has 44 heavy (non-hydrogen) atoms. The molecular weight excluding hydrogens is 609 g/mol. The fourth-order valence-corrected chi connectivity index (χ4v) is 6.32. The van der Waals surface area contributed by atoms with Gasteiger partial charge in [0.2, 0.25) is 10.0 Å². The van der Waals surface area contributed by atoms with Gasteiger partial charge in [-0.05, 0) is 68.0 Å². The Balaban J connectivity index is 0.00000529. The molecule has 0 spiro atoms. The van der Waals surface area contributed by atoms with Crippen molar-refractivity contribution in [2.24, 2.45) is 5.73 Å². The first kappa shape index (κ1) is 35.0. The molecule has 0 aromatic heterocycles. The van der Waals surface area contributed by atoms with E-state index in [1.807, 2.05) is 30.3 Å². The number of hydrogen-bond donors (Lipinski definition) is 4. The van der Waals surface area contributed by atoms with Crippen molar-refractivity contribution in [2.75, 3.05) is 13.1 Å². The third kappa shape index (κ3) is 8.17. The second-order valence-corrected chi connectivity index (χ2v) is 12.8. The van der Waals surface area contributed by atoms with Crippen LogP contribution in [0.3, 0.4) is 0 Å². The Morgan fingerprint density at radius 3 is 2.23 bits per heavy atom. The second kappa shape index (κ2) is 14.6. The number of amides is 1. The van der Waals surface area contributed by atoms with Crippen molar-refractivity contribution in [3.63, 3.8) is 0 Å². The van der Waals surface area contributed by atoms with Gasteiger partial charge in [0, 0.05) is 6.04 Å². The Labute approximate surface area is 264 Å². The topological polar surface area (TPSA) is 168 Å². The van der Waals surface area contributed by atoms with Gasteiger partial charge in [0.1, 0.15) is 11.8 Å². The molecule has 1 fully saturated rings. The summed E-state index contributed by atoms with van der Waals surface area (Å²) in [6.45, 7) is 5.11. The monoisotopic (exact) mass is 645 g/mol. The van der Waals surface area contributed by atoms with E-state index < -0.39 is 46.8 Å². The predicted molar refractivity (Wildman–Crippen MR) is 168 cm³/mol. The van der Waals surface area contributed by atoms with Crippen LogP contribution in [0.1, 0.15) is 31.9 Å². The Hall–Kier alpha value is -3.46. The first-order chi connectivity index (χ1) is 20.3. The summed E-state index contributed by atoms with van der Waals surface area (Å²) < 4.78 is 40.1. The third-order valence-electron chi connectivity index (χ3n) is 7.04. The first-order valence-corrected chi connectivity index (χ1v) is 15.3. The smallest absolute Gasteiger partial charge is 0.480 e. The summed E-state index contributed by atoms with van der Waals surface area (Å²) in [5.41, 5.74) is 6.69. The highest BCUT2D eigenvalue weighted by molar-refractivity contribution is 7.89. The largest absolute Gasteiger partial charge is 0.488 e. The minimum Gasteiger partial charge on any atom is -0.480 e. The number of nitrogens with two attached hydrogens (primary N) is 1. The highest BCUT2D eigenvalue weighted by Gasteiger charge is 2.52. The molecule has 0 radical (unpaired) electrons. The van der Waals surface area contributed by atoms with E-state index in [-0.39, 0.29) is 42.9 Å². The molecular formula is C30H37BClN3O8S. The quantitative estimate of drug-likeness (QED) is 0.166. The number of halogens is 1. The number of benzene rings is 3. The molecule has 1 unspecified atom stereocenters.